The van der Waals surface area contributed by atoms with E-state index in [9.17, 15) is 0 Å². The first-order valence-corrected chi connectivity index (χ1v) is 9.25. The van der Waals surface area contributed by atoms with E-state index in [0.717, 1.165) is 17.2 Å². The van der Waals surface area contributed by atoms with Gasteiger partial charge in [0, 0.05) is 11.5 Å². The van der Waals surface area contributed by atoms with Gasteiger partial charge in [-0.2, -0.15) is 0 Å². The normalized spacial score (nSPS) is 18.4. The van der Waals surface area contributed by atoms with Crippen LogP contribution in [-0.2, 0) is 0 Å². The van der Waals surface area contributed by atoms with E-state index in [4.69, 9.17) is 4.98 Å². The highest BCUT2D eigenvalue weighted by atomic mass is 15.0. The standard InChI is InChI=1S/C24H19N3/c1-16-13-22-19(12-11-17-7-5-6-10-20(17)22)14-21(16)24-26-15-25-23(27-24)18-8-3-2-4-9-18/h2-16,21H,1H3. The lowest BCUT2D eigenvalue weighted by Gasteiger charge is -2.20. The average Bonchev–Trinajstić information content (AvgIpc) is 2.74. The summed E-state index contributed by atoms with van der Waals surface area (Å²) in [4.78, 5) is 13.6. The van der Waals surface area contributed by atoms with Crippen molar-refractivity contribution in [2.75, 3.05) is 0 Å². The lowest BCUT2D eigenvalue weighted by molar-refractivity contribution is 0.650. The third-order valence-corrected chi connectivity index (χ3v) is 5.28. The van der Waals surface area contributed by atoms with E-state index in [0.29, 0.717) is 5.92 Å². The average molecular weight is 349 g/mol. The minimum absolute atomic E-state index is 0.143. The van der Waals surface area contributed by atoms with Gasteiger partial charge in [-0.1, -0.05) is 85.8 Å². The molecule has 0 saturated carbocycles. The Kier molecular flexibility index (Phi) is 3.79. The summed E-state index contributed by atoms with van der Waals surface area (Å²) in [6.07, 6.45) is 6.28. The summed E-state index contributed by atoms with van der Waals surface area (Å²) in [5, 5.41) is 5.14. The van der Waals surface area contributed by atoms with Crippen LogP contribution in [0.3, 0.4) is 0 Å². The number of benzene rings is 3. The quantitative estimate of drug-likeness (QED) is 0.554. The number of hydrogen-bond acceptors (Lipinski definition) is 3. The number of rotatable bonds is 2. The van der Waals surface area contributed by atoms with Gasteiger partial charge in [-0.3, -0.25) is 0 Å². The molecule has 0 spiro atoms. The first-order chi connectivity index (χ1) is 13.3. The van der Waals surface area contributed by atoms with Gasteiger partial charge in [0.2, 0.25) is 0 Å². The fraction of sp³-hybridized carbons (Fsp3) is 0.125. The number of aromatic nitrogens is 3. The van der Waals surface area contributed by atoms with E-state index in [1.54, 1.807) is 6.33 Å². The molecule has 0 aliphatic heterocycles. The van der Waals surface area contributed by atoms with Gasteiger partial charge in [-0.15, -0.1) is 0 Å². The largest absolute Gasteiger partial charge is 0.221 e. The fourth-order valence-electron chi connectivity index (χ4n) is 3.86. The maximum Gasteiger partial charge on any atom is 0.163 e. The number of nitrogens with zero attached hydrogens (tertiary/aromatic N) is 3. The van der Waals surface area contributed by atoms with Crippen molar-refractivity contribution in [3.63, 3.8) is 0 Å². The molecule has 0 amide bonds. The van der Waals surface area contributed by atoms with E-state index in [1.165, 1.54) is 21.2 Å². The minimum atomic E-state index is 0.143. The Hall–Kier alpha value is -3.33. The highest BCUT2D eigenvalue weighted by Gasteiger charge is 2.22. The van der Waals surface area contributed by atoms with Crippen molar-refractivity contribution in [1.29, 1.82) is 0 Å². The highest BCUT2D eigenvalue weighted by Crippen LogP contribution is 2.27. The molecule has 5 rings (SSSR count). The second-order valence-corrected chi connectivity index (χ2v) is 7.04. The molecule has 1 aliphatic carbocycles. The van der Waals surface area contributed by atoms with Crippen LogP contribution in [0.1, 0.15) is 18.7 Å². The molecule has 1 aromatic heterocycles. The summed E-state index contributed by atoms with van der Waals surface area (Å²) in [7, 11) is 0. The summed E-state index contributed by atoms with van der Waals surface area (Å²) in [5.74, 6) is 2.01. The molecule has 0 radical (unpaired) electrons. The van der Waals surface area contributed by atoms with Crippen molar-refractivity contribution in [2.45, 2.75) is 12.8 Å². The molecule has 3 nitrogen and oxygen atoms in total. The SMILES string of the molecule is CC1C=c2c(ccc3ccccc23)=CC1c1ncnc(-c2ccccc2)n1. The zero-order chi connectivity index (χ0) is 18.2. The second-order valence-electron chi connectivity index (χ2n) is 7.04. The molecule has 2 unspecified atom stereocenters. The van der Waals surface area contributed by atoms with Crippen LogP contribution >= 0.6 is 0 Å². The summed E-state index contributed by atoms with van der Waals surface area (Å²) in [6, 6.07) is 23.0. The van der Waals surface area contributed by atoms with Gasteiger partial charge in [0.1, 0.15) is 12.2 Å². The maximum atomic E-state index is 4.78. The second kappa shape index (κ2) is 6.44. The van der Waals surface area contributed by atoms with Gasteiger partial charge in [0.25, 0.3) is 0 Å². The molecule has 0 bridgehead atoms. The van der Waals surface area contributed by atoms with Crippen LogP contribution in [0, 0.1) is 5.92 Å². The molecule has 0 saturated heterocycles. The van der Waals surface area contributed by atoms with Gasteiger partial charge in [-0.25, -0.2) is 15.0 Å². The van der Waals surface area contributed by atoms with Crippen LogP contribution in [0.5, 0.6) is 0 Å². The Morgan fingerprint density at radius 1 is 0.778 bits per heavy atom. The molecule has 1 heterocycles. The van der Waals surface area contributed by atoms with Crippen LogP contribution in [0.2, 0.25) is 0 Å². The van der Waals surface area contributed by atoms with Crippen molar-refractivity contribution >= 4 is 22.9 Å². The minimum Gasteiger partial charge on any atom is -0.221 e. The molecular formula is C24H19N3. The smallest absolute Gasteiger partial charge is 0.163 e. The monoisotopic (exact) mass is 349 g/mol. The van der Waals surface area contributed by atoms with Crippen LogP contribution in [0.4, 0.5) is 0 Å². The molecule has 0 N–H and O–H groups in total. The van der Waals surface area contributed by atoms with Crippen LogP contribution in [0.15, 0.2) is 73.1 Å². The Morgan fingerprint density at radius 2 is 1.59 bits per heavy atom. The first-order valence-electron chi connectivity index (χ1n) is 9.25. The third kappa shape index (κ3) is 2.81. The highest BCUT2D eigenvalue weighted by molar-refractivity contribution is 5.84. The Balaban J connectivity index is 1.63. The predicted octanol–water partition coefficient (Wildman–Crippen LogP) is 3.69. The molecule has 130 valence electrons. The third-order valence-electron chi connectivity index (χ3n) is 5.28. The van der Waals surface area contributed by atoms with Crippen molar-refractivity contribution in [1.82, 2.24) is 15.0 Å². The van der Waals surface area contributed by atoms with Crippen LogP contribution in [0.25, 0.3) is 34.3 Å². The van der Waals surface area contributed by atoms with Crippen LogP contribution < -0.4 is 10.4 Å². The van der Waals surface area contributed by atoms with Crippen molar-refractivity contribution in [3.05, 3.63) is 89.3 Å². The topological polar surface area (TPSA) is 38.7 Å². The lowest BCUT2D eigenvalue weighted by Crippen LogP contribution is -2.32. The van der Waals surface area contributed by atoms with Crippen LogP contribution in [-0.4, -0.2) is 15.0 Å². The summed E-state index contributed by atoms with van der Waals surface area (Å²) in [6.45, 7) is 2.23. The Labute approximate surface area is 157 Å². The van der Waals surface area contributed by atoms with Gasteiger partial charge in [-0.05, 0) is 27.1 Å². The van der Waals surface area contributed by atoms with Gasteiger partial charge >= 0.3 is 0 Å². The fourth-order valence-corrected chi connectivity index (χ4v) is 3.86. The Morgan fingerprint density at radius 3 is 2.48 bits per heavy atom. The van der Waals surface area contributed by atoms with E-state index in [-0.39, 0.29) is 5.92 Å². The molecule has 0 fully saturated rings. The van der Waals surface area contributed by atoms with Gasteiger partial charge < -0.3 is 0 Å². The molecule has 2 atom stereocenters. The lowest BCUT2D eigenvalue weighted by atomic mass is 9.86. The molecular weight excluding hydrogens is 330 g/mol. The molecule has 1 aliphatic rings. The molecule has 27 heavy (non-hydrogen) atoms. The summed E-state index contributed by atoms with van der Waals surface area (Å²) >= 11 is 0. The van der Waals surface area contributed by atoms with Gasteiger partial charge in [0.15, 0.2) is 5.82 Å². The van der Waals surface area contributed by atoms with Crippen molar-refractivity contribution in [3.8, 4) is 11.4 Å². The van der Waals surface area contributed by atoms with E-state index < -0.39 is 0 Å². The zero-order valence-corrected chi connectivity index (χ0v) is 15.1. The molecule has 3 aromatic carbocycles. The Bertz CT molecular complexity index is 1250. The predicted molar refractivity (Wildman–Crippen MR) is 109 cm³/mol. The summed E-state index contributed by atoms with van der Waals surface area (Å²) < 4.78 is 0. The summed E-state index contributed by atoms with van der Waals surface area (Å²) in [5.41, 5.74) is 1.01. The van der Waals surface area contributed by atoms with E-state index in [1.807, 2.05) is 30.3 Å². The van der Waals surface area contributed by atoms with E-state index >= 15 is 0 Å². The zero-order valence-electron chi connectivity index (χ0n) is 15.1. The van der Waals surface area contributed by atoms with Crippen molar-refractivity contribution < 1.29 is 0 Å². The number of hydrogen-bond donors (Lipinski definition) is 0. The number of fused-ring (bicyclic) bond motifs is 3. The van der Waals surface area contributed by atoms with Gasteiger partial charge in [0.05, 0.1) is 0 Å². The van der Waals surface area contributed by atoms with Crippen molar-refractivity contribution in [2.24, 2.45) is 5.92 Å². The molecule has 4 aromatic rings. The maximum absolute atomic E-state index is 4.78. The molecule has 3 heteroatoms. The first kappa shape index (κ1) is 15.9. The van der Waals surface area contributed by atoms with E-state index in [2.05, 4.69) is 65.4 Å².